The van der Waals surface area contributed by atoms with Crippen LogP contribution in [-0.2, 0) is 14.4 Å². The summed E-state index contributed by atoms with van der Waals surface area (Å²) in [7, 11) is 0. The smallest absolute Gasteiger partial charge is 0.251 e. The second kappa shape index (κ2) is 22.3. The molecular weight excluding hydrogens is 534 g/mol. The Morgan fingerprint density at radius 2 is 0.690 bits per heavy atom. The van der Waals surface area contributed by atoms with E-state index < -0.39 is 0 Å². The zero-order chi connectivity index (χ0) is 31.2. The lowest BCUT2D eigenvalue weighted by Crippen LogP contribution is -2.29. The molecule has 1 aromatic carbocycles. The molecule has 0 radical (unpaired) electrons. The zero-order valence-corrected chi connectivity index (χ0v) is 25.9. The first-order chi connectivity index (χ1) is 20.2. The van der Waals surface area contributed by atoms with Gasteiger partial charge in [-0.3, -0.25) is 28.8 Å². The van der Waals surface area contributed by atoms with Gasteiger partial charge in [0.15, 0.2) is 0 Å². The Morgan fingerprint density at radius 1 is 0.429 bits per heavy atom. The molecule has 0 heterocycles. The van der Waals surface area contributed by atoms with Crippen LogP contribution in [0.15, 0.2) is 18.2 Å². The van der Waals surface area contributed by atoms with Crippen LogP contribution >= 0.6 is 0 Å². The van der Waals surface area contributed by atoms with E-state index >= 15 is 0 Å². The van der Waals surface area contributed by atoms with Gasteiger partial charge in [0.2, 0.25) is 0 Å². The van der Waals surface area contributed by atoms with Crippen molar-refractivity contribution in [2.45, 2.75) is 117 Å². The van der Waals surface area contributed by atoms with Gasteiger partial charge < -0.3 is 16.0 Å². The summed E-state index contributed by atoms with van der Waals surface area (Å²) in [5.74, 6) is -0.409. The first kappa shape index (κ1) is 36.7. The molecule has 42 heavy (non-hydrogen) atoms. The third kappa shape index (κ3) is 16.2. The van der Waals surface area contributed by atoms with E-state index in [1.165, 1.54) is 18.2 Å². The first-order valence-electron chi connectivity index (χ1n) is 15.8. The van der Waals surface area contributed by atoms with Crippen LogP contribution in [0.5, 0.6) is 0 Å². The standard InChI is InChI=1S/C33H51N3O6/c1-4-28(37)16-10-7-13-19-34-31(40)25-22-26(32(41)35-20-14-8-11-17-29(38)5-2)24-27(23-25)33(42)36-21-15-9-12-18-30(39)6-3/h22-24H,4-21H2,1-3H3,(H,34,40)(H,35,41)(H,36,42). The van der Waals surface area contributed by atoms with Crippen molar-refractivity contribution < 1.29 is 28.8 Å². The van der Waals surface area contributed by atoms with Crippen LogP contribution in [0.4, 0.5) is 0 Å². The Balaban J connectivity index is 2.76. The average molecular weight is 586 g/mol. The SMILES string of the molecule is CCC(=O)CCCCCNC(=O)c1cc(C(=O)NCCCCCC(=O)CC)cc(C(=O)NCCCCCC(=O)CC)c1. The molecule has 3 N–H and O–H groups in total. The second-order valence-corrected chi connectivity index (χ2v) is 10.7. The molecule has 1 rings (SSSR count). The van der Waals surface area contributed by atoms with E-state index in [0.29, 0.717) is 58.2 Å². The number of ketones is 3. The van der Waals surface area contributed by atoms with Gasteiger partial charge in [-0.15, -0.1) is 0 Å². The van der Waals surface area contributed by atoms with Gasteiger partial charge in [0.1, 0.15) is 17.3 Å². The molecule has 1 aromatic rings. The second-order valence-electron chi connectivity index (χ2n) is 10.7. The van der Waals surface area contributed by atoms with Crippen LogP contribution in [0.25, 0.3) is 0 Å². The maximum atomic E-state index is 12.9. The minimum atomic E-state index is -0.371. The van der Waals surface area contributed by atoms with Gasteiger partial charge in [-0.2, -0.15) is 0 Å². The fourth-order valence-corrected chi connectivity index (χ4v) is 4.33. The Labute approximate surface area is 251 Å². The zero-order valence-electron chi connectivity index (χ0n) is 25.9. The van der Waals surface area contributed by atoms with E-state index in [1.807, 2.05) is 20.8 Å². The molecular formula is C33H51N3O6. The third-order valence-electron chi connectivity index (χ3n) is 7.16. The van der Waals surface area contributed by atoms with Gasteiger partial charge in [0.05, 0.1) is 0 Å². The molecule has 9 heteroatoms. The van der Waals surface area contributed by atoms with Gasteiger partial charge in [0, 0.05) is 74.8 Å². The predicted molar refractivity (Wildman–Crippen MR) is 165 cm³/mol. The summed E-state index contributed by atoms with van der Waals surface area (Å²) in [6.45, 7) is 6.83. The van der Waals surface area contributed by atoms with Gasteiger partial charge in [-0.25, -0.2) is 0 Å². The highest BCUT2D eigenvalue weighted by atomic mass is 16.2. The van der Waals surface area contributed by atoms with Crippen molar-refractivity contribution in [3.05, 3.63) is 34.9 Å². The summed E-state index contributed by atoms with van der Waals surface area (Å²) in [4.78, 5) is 73.1. The highest BCUT2D eigenvalue weighted by Gasteiger charge is 2.16. The number of rotatable bonds is 24. The fourth-order valence-electron chi connectivity index (χ4n) is 4.33. The van der Waals surface area contributed by atoms with Crippen LogP contribution in [0.3, 0.4) is 0 Å². The third-order valence-corrected chi connectivity index (χ3v) is 7.16. The van der Waals surface area contributed by atoms with E-state index in [-0.39, 0.29) is 51.8 Å². The van der Waals surface area contributed by atoms with Crippen molar-refractivity contribution in [3.63, 3.8) is 0 Å². The van der Waals surface area contributed by atoms with Gasteiger partial charge in [0.25, 0.3) is 17.7 Å². The van der Waals surface area contributed by atoms with Crippen LogP contribution < -0.4 is 16.0 Å². The summed E-state index contributed by atoms with van der Waals surface area (Å²) in [6.07, 6.45) is 10.3. The molecule has 0 aliphatic rings. The van der Waals surface area contributed by atoms with Gasteiger partial charge >= 0.3 is 0 Å². The number of nitrogens with one attached hydrogen (secondary N) is 3. The van der Waals surface area contributed by atoms with E-state index in [1.54, 1.807) is 0 Å². The largest absolute Gasteiger partial charge is 0.352 e. The Hall–Kier alpha value is -3.36. The van der Waals surface area contributed by atoms with Crippen molar-refractivity contribution in [1.82, 2.24) is 16.0 Å². The van der Waals surface area contributed by atoms with Crippen LogP contribution in [-0.4, -0.2) is 54.7 Å². The first-order valence-corrected chi connectivity index (χ1v) is 15.8. The number of hydrogen-bond donors (Lipinski definition) is 3. The number of carbonyl (C=O) groups is 6. The molecule has 0 aliphatic heterocycles. The summed E-state index contributed by atoms with van der Waals surface area (Å²) in [5.41, 5.74) is 0.681. The lowest BCUT2D eigenvalue weighted by Gasteiger charge is -2.12. The minimum Gasteiger partial charge on any atom is -0.352 e. The Morgan fingerprint density at radius 3 is 0.929 bits per heavy atom. The lowest BCUT2D eigenvalue weighted by molar-refractivity contribution is -0.119. The predicted octanol–water partition coefficient (Wildman–Crippen LogP) is 5.49. The van der Waals surface area contributed by atoms with Crippen molar-refractivity contribution >= 4 is 35.1 Å². The summed E-state index contributed by atoms with van der Waals surface area (Å²) >= 11 is 0. The molecule has 234 valence electrons. The van der Waals surface area contributed by atoms with E-state index in [9.17, 15) is 28.8 Å². The van der Waals surface area contributed by atoms with Crippen molar-refractivity contribution in [3.8, 4) is 0 Å². The summed E-state index contributed by atoms with van der Waals surface area (Å²) in [5, 5.41) is 8.55. The van der Waals surface area contributed by atoms with Crippen LogP contribution in [0, 0.1) is 0 Å². The van der Waals surface area contributed by atoms with E-state index in [0.717, 1.165) is 57.8 Å². The average Bonchev–Trinajstić information content (AvgIpc) is 3.00. The molecule has 9 nitrogen and oxygen atoms in total. The molecule has 0 saturated carbocycles. The van der Waals surface area contributed by atoms with Gasteiger partial charge in [-0.1, -0.05) is 40.0 Å². The number of benzene rings is 1. The lowest BCUT2D eigenvalue weighted by atomic mass is 10.0. The molecule has 0 spiro atoms. The molecule has 0 bridgehead atoms. The molecule has 0 saturated heterocycles. The topological polar surface area (TPSA) is 139 Å². The molecule has 0 fully saturated rings. The number of unbranched alkanes of at least 4 members (excludes halogenated alkanes) is 6. The normalized spacial score (nSPS) is 10.6. The quantitative estimate of drug-likeness (QED) is 0.137. The molecule has 3 amide bonds. The van der Waals surface area contributed by atoms with Crippen molar-refractivity contribution in [2.75, 3.05) is 19.6 Å². The van der Waals surface area contributed by atoms with E-state index in [2.05, 4.69) is 16.0 Å². The molecule has 0 unspecified atom stereocenters. The maximum Gasteiger partial charge on any atom is 0.251 e. The highest BCUT2D eigenvalue weighted by molar-refractivity contribution is 6.04. The van der Waals surface area contributed by atoms with Crippen molar-refractivity contribution in [2.24, 2.45) is 0 Å². The molecule has 0 aromatic heterocycles. The maximum absolute atomic E-state index is 12.9. The number of amides is 3. The number of Topliss-reactive ketones (excluding diaryl/α,β-unsaturated/α-hetero) is 3. The van der Waals surface area contributed by atoms with E-state index in [4.69, 9.17) is 0 Å². The summed E-state index contributed by atoms with van der Waals surface area (Å²) in [6, 6.07) is 4.48. The summed E-state index contributed by atoms with van der Waals surface area (Å²) < 4.78 is 0. The van der Waals surface area contributed by atoms with Gasteiger partial charge in [-0.05, 0) is 56.7 Å². The monoisotopic (exact) mass is 585 g/mol. The minimum absolute atomic E-state index is 0.227. The Bertz CT molecular complexity index is 896. The van der Waals surface area contributed by atoms with Crippen LogP contribution in [0.1, 0.15) is 148 Å². The van der Waals surface area contributed by atoms with Crippen LogP contribution in [0.2, 0.25) is 0 Å². The molecule has 0 atom stereocenters. The van der Waals surface area contributed by atoms with Crippen molar-refractivity contribution in [1.29, 1.82) is 0 Å². The number of carbonyl (C=O) groups excluding carboxylic acids is 6. The number of hydrogen-bond acceptors (Lipinski definition) is 6. The Kier molecular flexibility index (Phi) is 19.4. The fraction of sp³-hybridized carbons (Fsp3) is 0.636. The highest BCUT2D eigenvalue weighted by Crippen LogP contribution is 2.13. The molecule has 0 aliphatic carbocycles.